The second-order valence-electron chi connectivity index (χ2n) is 2.83. The number of aromatic nitrogens is 1. The Kier molecular flexibility index (Phi) is 1.87. The molecular formula is C10H9NO2. The molecule has 0 fully saturated rings. The normalized spacial score (nSPS) is 10.5. The summed E-state index contributed by atoms with van der Waals surface area (Å²) in [4.78, 5) is 13.9. The largest absolute Gasteiger partial charge is 0.391 e. The summed E-state index contributed by atoms with van der Waals surface area (Å²) in [7, 11) is 0. The Morgan fingerprint density at radius 2 is 2.00 bits per heavy atom. The second-order valence-corrected chi connectivity index (χ2v) is 2.83. The quantitative estimate of drug-likeness (QED) is 0.678. The number of aliphatic hydroxyl groups excluding tert-OH is 1. The van der Waals surface area contributed by atoms with Crippen LogP contribution in [0.2, 0.25) is 0 Å². The fourth-order valence-electron chi connectivity index (χ4n) is 1.40. The molecule has 2 rings (SSSR count). The molecule has 0 aromatic heterocycles. The third kappa shape index (κ3) is 1.23. The van der Waals surface area contributed by atoms with Gasteiger partial charge in [-0.15, -0.1) is 0 Å². The van der Waals surface area contributed by atoms with E-state index in [-0.39, 0.29) is 12.2 Å². The summed E-state index contributed by atoms with van der Waals surface area (Å²) < 4.78 is 0. The molecule has 0 aromatic carbocycles. The lowest BCUT2D eigenvalue weighted by Gasteiger charge is -1.92. The molecule has 66 valence electrons. The van der Waals surface area contributed by atoms with Crippen molar-refractivity contribution in [1.82, 2.24) is 4.98 Å². The van der Waals surface area contributed by atoms with Crippen LogP contribution in [0.1, 0.15) is 5.56 Å². The van der Waals surface area contributed by atoms with E-state index in [9.17, 15) is 4.79 Å². The zero-order chi connectivity index (χ0) is 9.26. The zero-order valence-electron chi connectivity index (χ0n) is 6.95. The molecule has 3 nitrogen and oxygen atoms in total. The molecule has 1 aliphatic carbocycles. The Morgan fingerprint density at radius 3 is 2.77 bits per heavy atom. The topological polar surface area (TPSA) is 53.1 Å². The molecule has 0 saturated heterocycles. The van der Waals surface area contributed by atoms with Crippen molar-refractivity contribution in [1.29, 1.82) is 0 Å². The lowest BCUT2D eigenvalue weighted by molar-refractivity contribution is 0.281. The second kappa shape index (κ2) is 3.03. The molecule has 2 N–H and O–H groups in total. The SMILES string of the molecule is O=c1[nH]c2cccccc-2c1CO. The third-order valence-corrected chi connectivity index (χ3v) is 2.04. The average Bonchev–Trinajstić information content (AvgIpc) is 2.32. The Hall–Kier alpha value is -1.61. The van der Waals surface area contributed by atoms with Crippen LogP contribution in [0.25, 0.3) is 11.3 Å². The molecule has 0 radical (unpaired) electrons. The number of rotatable bonds is 1. The fraction of sp³-hybridized carbons (Fsp3) is 0.100. The van der Waals surface area contributed by atoms with Crippen LogP contribution in [-0.4, -0.2) is 10.1 Å². The van der Waals surface area contributed by atoms with Gasteiger partial charge in [0.25, 0.3) is 5.56 Å². The Bertz CT molecular complexity index is 447. The van der Waals surface area contributed by atoms with Gasteiger partial charge < -0.3 is 10.1 Å². The van der Waals surface area contributed by atoms with Crippen molar-refractivity contribution in [2.24, 2.45) is 0 Å². The minimum atomic E-state index is -0.219. The predicted octanol–water partition coefficient (Wildman–Crippen LogP) is 0.972. The van der Waals surface area contributed by atoms with E-state index >= 15 is 0 Å². The van der Waals surface area contributed by atoms with E-state index in [1.54, 1.807) is 0 Å². The van der Waals surface area contributed by atoms with E-state index in [0.717, 1.165) is 11.3 Å². The third-order valence-electron chi connectivity index (χ3n) is 2.04. The van der Waals surface area contributed by atoms with E-state index < -0.39 is 0 Å². The monoisotopic (exact) mass is 175 g/mol. The summed E-state index contributed by atoms with van der Waals surface area (Å²) >= 11 is 0. The first-order valence-corrected chi connectivity index (χ1v) is 4.03. The van der Waals surface area contributed by atoms with Gasteiger partial charge in [-0.05, 0) is 6.07 Å². The molecule has 1 aliphatic heterocycles. The number of nitrogens with one attached hydrogen (secondary N) is 1. The van der Waals surface area contributed by atoms with E-state index in [4.69, 9.17) is 5.11 Å². The lowest BCUT2D eigenvalue weighted by atomic mass is 10.1. The lowest BCUT2D eigenvalue weighted by Crippen LogP contribution is -2.04. The molecular weight excluding hydrogens is 166 g/mol. The molecule has 0 saturated carbocycles. The van der Waals surface area contributed by atoms with Crippen molar-refractivity contribution in [3.05, 3.63) is 46.2 Å². The maximum atomic E-state index is 11.3. The van der Waals surface area contributed by atoms with Gasteiger partial charge in [-0.3, -0.25) is 4.79 Å². The van der Waals surface area contributed by atoms with Gasteiger partial charge in [0, 0.05) is 11.3 Å². The standard InChI is InChI=1S/C10H9NO2/c12-6-8-7-4-2-1-3-5-9(7)11-10(8)13/h1-5,12H,6H2,(H,11,13). The van der Waals surface area contributed by atoms with Crippen LogP contribution in [0.5, 0.6) is 0 Å². The maximum absolute atomic E-state index is 11.3. The smallest absolute Gasteiger partial charge is 0.254 e. The minimum absolute atomic E-state index is 0.205. The Morgan fingerprint density at radius 1 is 1.23 bits per heavy atom. The molecule has 13 heavy (non-hydrogen) atoms. The summed E-state index contributed by atoms with van der Waals surface area (Å²) in [6.45, 7) is -0.219. The number of aliphatic hydroxyl groups is 1. The molecule has 0 bridgehead atoms. The Balaban J connectivity index is 2.79. The highest BCUT2D eigenvalue weighted by Crippen LogP contribution is 2.19. The van der Waals surface area contributed by atoms with E-state index in [1.807, 2.05) is 30.3 Å². The van der Waals surface area contributed by atoms with Crippen LogP contribution in [0.4, 0.5) is 0 Å². The Labute approximate surface area is 75.0 Å². The summed E-state index contributed by atoms with van der Waals surface area (Å²) in [5, 5.41) is 8.97. The van der Waals surface area contributed by atoms with Gasteiger partial charge in [0.15, 0.2) is 0 Å². The molecule has 3 heteroatoms. The first-order valence-electron chi connectivity index (χ1n) is 4.03. The molecule has 0 spiro atoms. The number of aromatic amines is 1. The minimum Gasteiger partial charge on any atom is -0.391 e. The van der Waals surface area contributed by atoms with Crippen molar-refractivity contribution in [3.8, 4) is 11.3 Å². The van der Waals surface area contributed by atoms with Crippen LogP contribution in [0, 0.1) is 0 Å². The molecule has 0 atom stereocenters. The summed E-state index contributed by atoms with van der Waals surface area (Å²) in [5.74, 6) is 0. The van der Waals surface area contributed by atoms with E-state index in [1.165, 1.54) is 0 Å². The fourth-order valence-corrected chi connectivity index (χ4v) is 1.40. The van der Waals surface area contributed by atoms with Gasteiger partial charge in [0.1, 0.15) is 0 Å². The van der Waals surface area contributed by atoms with E-state index in [0.29, 0.717) is 5.56 Å². The van der Waals surface area contributed by atoms with Crippen LogP contribution in [-0.2, 0) is 6.61 Å². The molecule has 2 aliphatic rings. The van der Waals surface area contributed by atoms with Crippen LogP contribution < -0.4 is 5.56 Å². The molecule has 0 amide bonds. The zero-order valence-corrected chi connectivity index (χ0v) is 6.95. The molecule has 0 aromatic rings. The highest BCUT2D eigenvalue weighted by Gasteiger charge is 2.11. The first kappa shape index (κ1) is 8.01. The van der Waals surface area contributed by atoms with Gasteiger partial charge in [-0.2, -0.15) is 0 Å². The summed E-state index contributed by atoms with van der Waals surface area (Å²) in [5.41, 5.74) is 1.78. The van der Waals surface area contributed by atoms with Crippen molar-refractivity contribution < 1.29 is 5.11 Å². The number of fused-ring (bicyclic) bond motifs is 1. The highest BCUT2D eigenvalue weighted by atomic mass is 16.3. The highest BCUT2D eigenvalue weighted by molar-refractivity contribution is 5.64. The van der Waals surface area contributed by atoms with Gasteiger partial charge in [-0.1, -0.05) is 24.3 Å². The van der Waals surface area contributed by atoms with Gasteiger partial charge >= 0.3 is 0 Å². The van der Waals surface area contributed by atoms with Crippen molar-refractivity contribution in [2.45, 2.75) is 6.61 Å². The van der Waals surface area contributed by atoms with Crippen LogP contribution in [0.15, 0.2) is 35.1 Å². The van der Waals surface area contributed by atoms with Crippen LogP contribution in [0.3, 0.4) is 0 Å². The average molecular weight is 175 g/mol. The van der Waals surface area contributed by atoms with Gasteiger partial charge in [0.05, 0.1) is 12.2 Å². The number of hydrogen-bond donors (Lipinski definition) is 2. The molecule has 1 heterocycles. The first-order chi connectivity index (χ1) is 6.33. The summed E-state index contributed by atoms with van der Waals surface area (Å²) in [6, 6.07) is 9.20. The van der Waals surface area contributed by atoms with Gasteiger partial charge in [0.2, 0.25) is 0 Å². The van der Waals surface area contributed by atoms with Crippen LogP contribution >= 0.6 is 0 Å². The van der Waals surface area contributed by atoms with Gasteiger partial charge in [-0.25, -0.2) is 0 Å². The number of hydrogen-bond acceptors (Lipinski definition) is 2. The predicted molar refractivity (Wildman–Crippen MR) is 49.6 cm³/mol. The van der Waals surface area contributed by atoms with E-state index in [2.05, 4.69) is 4.98 Å². The molecule has 0 unspecified atom stereocenters. The van der Waals surface area contributed by atoms with Crippen molar-refractivity contribution in [2.75, 3.05) is 0 Å². The number of H-pyrrole nitrogens is 1. The van der Waals surface area contributed by atoms with Crippen molar-refractivity contribution >= 4 is 0 Å². The summed E-state index contributed by atoms with van der Waals surface area (Å²) in [6.07, 6.45) is 0. The maximum Gasteiger partial charge on any atom is 0.254 e. The van der Waals surface area contributed by atoms with Crippen molar-refractivity contribution in [3.63, 3.8) is 0 Å².